The van der Waals surface area contributed by atoms with E-state index in [-0.39, 0.29) is 19.2 Å². The number of unbranched alkanes of at least 4 members (excludes halogenated alkanes) is 1. The molecule has 1 rings (SSSR count). The molecule has 0 spiro atoms. The molecule has 0 aromatic rings. The third kappa shape index (κ3) is 8.04. The zero-order valence-corrected chi connectivity index (χ0v) is 15.5. The molecule has 0 N–H and O–H groups in total. The second-order valence-electron chi connectivity index (χ2n) is 6.78. The standard InChI is InChI=1S/C16H29N3O6/c1-5-23-15(21)13-9-8-11-18(13)19(22)17-24-12-7-6-10-14(20)25-16(2,3)4/h13H,5-12H2,1-4H3/b19-17+/t13-/m0/s1. The van der Waals surface area contributed by atoms with Crippen molar-refractivity contribution in [3.05, 3.63) is 5.21 Å². The molecule has 0 aliphatic carbocycles. The lowest BCUT2D eigenvalue weighted by Crippen LogP contribution is -2.41. The first-order valence-electron chi connectivity index (χ1n) is 8.70. The smallest absolute Gasteiger partial charge is 0.334 e. The molecule has 1 aliphatic rings. The van der Waals surface area contributed by atoms with Gasteiger partial charge in [-0.25, -0.2) is 4.79 Å². The highest BCUT2D eigenvalue weighted by Crippen LogP contribution is 2.18. The van der Waals surface area contributed by atoms with Crippen LogP contribution in [0.1, 0.15) is 59.8 Å². The van der Waals surface area contributed by atoms with E-state index >= 15 is 0 Å². The Labute approximate surface area is 148 Å². The second-order valence-corrected chi connectivity index (χ2v) is 6.78. The summed E-state index contributed by atoms with van der Waals surface area (Å²) >= 11 is 0. The Morgan fingerprint density at radius 1 is 1.32 bits per heavy atom. The third-order valence-electron chi connectivity index (χ3n) is 3.42. The number of hydrogen-bond acceptors (Lipinski definition) is 7. The van der Waals surface area contributed by atoms with Gasteiger partial charge in [-0.15, -0.1) is 5.01 Å². The minimum atomic E-state index is -0.614. The molecule has 0 unspecified atom stereocenters. The summed E-state index contributed by atoms with van der Waals surface area (Å²) in [6.45, 7) is 8.08. The van der Waals surface area contributed by atoms with Gasteiger partial charge in [0.2, 0.25) is 5.28 Å². The van der Waals surface area contributed by atoms with Crippen LogP contribution in [0.5, 0.6) is 0 Å². The first-order valence-corrected chi connectivity index (χ1v) is 8.70. The molecule has 1 fully saturated rings. The van der Waals surface area contributed by atoms with Gasteiger partial charge in [-0.2, -0.15) is 0 Å². The summed E-state index contributed by atoms with van der Waals surface area (Å²) in [5, 5.41) is 16.7. The van der Waals surface area contributed by atoms with E-state index in [1.165, 1.54) is 5.01 Å². The Morgan fingerprint density at radius 2 is 2.04 bits per heavy atom. The summed E-state index contributed by atoms with van der Waals surface area (Å²) in [6, 6.07) is -0.614. The van der Waals surface area contributed by atoms with Crippen LogP contribution in [0.4, 0.5) is 0 Å². The molecule has 25 heavy (non-hydrogen) atoms. The predicted molar refractivity (Wildman–Crippen MR) is 88.1 cm³/mol. The quantitative estimate of drug-likeness (QED) is 0.205. The number of carbonyl (C=O) groups is 2. The van der Waals surface area contributed by atoms with Crippen molar-refractivity contribution in [1.29, 1.82) is 0 Å². The Hall–Kier alpha value is -2.06. The summed E-state index contributed by atoms with van der Waals surface area (Å²) in [5.74, 6) is -0.683. The van der Waals surface area contributed by atoms with Crippen molar-refractivity contribution < 1.29 is 28.9 Å². The lowest BCUT2D eigenvalue weighted by molar-refractivity contribution is -0.712. The van der Waals surface area contributed by atoms with E-state index < -0.39 is 17.6 Å². The number of hydrazine groups is 1. The normalized spacial score (nSPS) is 18.2. The SMILES string of the molecule is CCOC(=O)[C@@H]1CCCN1/[N+]([O-])=N\OCCCCC(=O)OC(C)(C)C. The van der Waals surface area contributed by atoms with Crippen molar-refractivity contribution in [2.24, 2.45) is 5.28 Å². The Kier molecular flexibility index (Phi) is 8.44. The van der Waals surface area contributed by atoms with E-state index in [2.05, 4.69) is 5.28 Å². The number of nitrogens with zero attached hydrogens (tertiary/aromatic N) is 3. The minimum absolute atomic E-state index is 0.208. The molecule has 1 aliphatic heterocycles. The highest BCUT2D eigenvalue weighted by molar-refractivity contribution is 5.75. The largest absolute Gasteiger partial charge is 0.569 e. The van der Waals surface area contributed by atoms with Crippen LogP contribution in [0.2, 0.25) is 0 Å². The van der Waals surface area contributed by atoms with Gasteiger partial charge in [-0.3, -0.25) is 4.79 Å². The molecule has 0 aromatic carbocycles. The molecule has 9 nitrogen and oxygen atoms in total. The first kappa shape index (κ1) is 21.0. The number of rotatable bonds is 9. The van der Waals surface area contributed by atoms with Crippen molar-refractivity contribution in [2.45, 2.75) is 71.4 Å². The zero-order chi connectivity index (χ0) is 18.9. The van der Waals surface area contributed by atoms with Crippen LogP contribution in [0.15, 0.2) is 5.28 Å². The third-order valence-corrected chi connectivity index (χ3v) is 3.42. The number of esters is 2. The van der Waals surface area contributed by atoms with E-state index in [1.807, 2.05) is 20.8 Å². The van der Waals surface area contributed by atoms with Gasteiger partial charge in [0.25, 0.3) is 0 Å². The maximum Gasteiger partial charge on any atom is 0.334 e. The molecule has 1 saturated heterocycles. The lowest BCUT2D eigenvalue weighted by Gasteiger charge is -2.19. The van der Waals surface area contributed by atoms with Crippen molar-refractivity contribution in [3.63, 3.8) is 0 Å². The van der Waals surface area contributed by atoms with Crippen LogP contribution in [-0.2, 0) is 23.9 Å². The van der Waals surface area contributed by atoms with E-state index in [9.17, 15) is 14.8 Å². The molecule has 144 valence electrons. The van der Waals surface area contributed by atoms with E-state index in [4.69, 9.17) is 14.3 Å². The van der Waals surface area contributed by atoms with E-state index in [0.29, 0.717) is 43.6 Å². The Bertz CT molecular complexity index is 475. The fraction of sp³-hybridized carbons (Fsp3) is 0.875. The highest BCUT2D eigenvalue weighted by atomic mass is 16.7. The van der Waals surface area contributed by atoms with Crippen molar-refractivity contribution in [3.8, 4) is 0 Å². The second kappa shape index (κ2) is 10.0. The summed E-state index contributed by atoms with van der Waals surface area (Å²) in [6.07, 6.45) is 2.71. The van der Waals surface area contributed by atoms with Crippen LogP contribution in [0.25, 0.3) is 0 Å². The highest BCUT2D eigenvalue weighted by Gasteiger charge is 2.38. The van der Waals surface area contributed by atoms with Crippen LogP contribution in [0.3, 0.4) is 0 Å². The Balaban J connectivity index is 2.27. The fourth-order valence-electron chi connectivity index (χ4n) is 2.40. The maximum atomic E-state index is 11.9. The van der Waals surface area contributed by atoms with E-state index in [1.54, 1.807) is 6.92 Å². The molecule has 0 bridgehead atoms. The van der Waals surface area contributed by atoms with Gasteiger partial charge >= 0.3 is 11.9 Å². The van der Waals surface area contributed by atoms with Crippen LogP contribution in [0, 0.1) is 5.21 Å². The average molecular weight is 359 g/mol. The topological polar surface area (TPSA) is 104 Å². The van der Waals surface area contributed by atoms with Crippen LogP contribution < -0.4 is 0 Å². The molecule has 0 radical (unpaired) electrons. The zero-order valence-electron chi connectivity index (χ0n) is 15.5. The molecule has 9 heteroatoms. The van der Waals surface area contributed by atoms with Crippen molar-refractivity contribution >= 4 is 11.9 Å². The fourth-order valence-corrected chi connectivity index (χ4v) is 2.40. The van der Waals surface area contributed by atoms with Crippen molar-refractivity contribution in [1.82, 2.24) is 5.01 Å². The lowest BCUT2D eigenvalue weighted by atomic mass is 10.2. The predicted octanol–water partition coefficient (Wildman–Crippen LogP) is 2.33. The van der Waals surface area contributed by atoms with Gasteiger partial charge < -0.3 is 19.5 Å². The van der Waals surface area contributed by atoms with Gasteiger partial charge in [0.05, 0.1) is 18.1 Å². The average Bonchev–Trinajstić information content (AvgIpc) is 2.98. The summed E-state index contributed by atoms with van der Waals surface area (Å²) in [4.78, 5) is 28.6. The molecule has 1 atom stereocenters. The van der Waals surface area contributed by atoms with Gasteiger partial charge in [0, 0.05) is 6.42 Å². The maximum absolute atomic E-state index is 11.9. The molecule has 0 saturated carbocycles. The van der Waals surface area contributed by atoms with Gasteiger partial charge in [-0.1, -0.05) is 0 Å². The monoisotopic (exact) mass is 359 g/mol. The van der Waals surface area contributed by atoms with Gasteiger partial charge in [0.1, 0.15) is 12.2 Å². The van der Waals surface area contributed by atoms with Gasteiger partial charge in [-0.05, 0) is 53.4 Å². The number of carbonyl (C=O) groups excluding carboxylic acids is 2. The molecular formula is C16H29N3O6. The molecule has 1 heterocycles. The van der Waals surface area contributed by atoms with Crippen LogP contribution >= 0.6 is 0 Å². The molecule has 0 aromatic heterocycles. The first-order chi connectivity index (χ1) is 11.7. The minimum Gasteiger partial charge on any atom is -0.569 e. The van der Waals surface area contributed by atoms with Crippen LogP contribution in [-0.4, -0.2) is 53.3 Å². The Morgan fingerprint density at radius 3 is 2.68 bits per heavy atom. The summed E-state index contributed by atoms with van der Waals surface area (Å²) in [5.41, 5.74) is -0.489. The van der Waals surface area contributed by atoms with Crippen molar-refractivity contribution in [2.75, 3.05) is 19.8 Å². The molecular weight excluding hydrogens is 330 g/mol. The summed E-state index contributed by atoms with van der Waals surface area (Å²) in [7, 11) is 0. The number of ether oxygens (including phenoxy) is 2. The molecule has 0 amide bonds. The summed E-state index contributed by atoms with van der Waals surface area (Å²) < 4.78 is 10.1. The van der Waals surface area contributed by atoms with Gasteiger partial charge in [0.15, 0.2) is 6.04 Å². The number of hydrogen-bond donors (Lipinski definition) is 0. The van der Waals surface area contributed by atoms with E-state index in [0.717, 1.165) is 0 Å².